The Kier molecular flexibility index (Phi) is 3.95. The van der Waals surface area contributed by atoms with Crippen LogP contribution in [0.1, 0.15) is 32.6 Å². The number of unbranched alkanes of at least 4 members (excludes halogenated alkanes) is 2. The van der Waals surface area contributed by atoms with E-state index < -0.39 is 16.9 Å². The first-order valence-corrected chi connectivity index (χ1v) is 5.83. The van der Waals surface area contributed by atoms with E-state index in [1.165, 1.54) is 12.8 Å². The smallest absolute Gasteiger partial charge is 0.0851 e. The van der Waals surface area contributed by atoms with Crippen LogP contribution in [0, 0.1) is 0 Å². The van der Waals surface area contributed by atoms with Crippen molar-refractivity contribution < 1.29 is 9.32 Å². The molecule has 1 rings (SSSR count). The summed E-state index contributed by atoms with van der Waals surface area (Å²) in [6.07, 6.45) is 5.67. The molecule has 0 saturated heterocycles. The first kappa shape index (κ1) is 9.93. The molecule has 0 spiro atoms. The van der Waals surface area contributed by atoms with Gasteiger partial charge < -0.3 is 5.11 Å². The summed E-state index contributed by atoms with van der Waals surface area (Å²) in [5.41, 5.74) is 0. The maximum Gasteiger partial charge on any atom is 0.0851 e. The molecule has 3 heteroatoms. The van der Waals surface area contributed by atoms with Crippen LogP contribution in [0.25, 0.3) is 0 Å². The van der Waals surface area contributed by atoms with E-state index in [0.717, 1.165) is 17.7 Å². The first-order chi connectivity index (χ1) is 5.74. The van der Waals surface area contributed by atoms with E-state index in [1.807, 2.05) is 0 Å². The Labute approximate surface area is 76.1 Å². The fourth-order valence-corrected chi connectivity index (χ4v) is 2.65. The van der Waals surface area contributed by atoms with Gasteiger partial charge in [-0.2, -0.15) is 0 Å². The highest BCUT2D eigenvalue weighted by Crippen LogP contribution is 2.20. The van der Waals surface area contributed by atoms with Gasteiger partial charge in [0.15, 0.2) is 0 Å². The van der Waals surface area contributed by atoms with Gasteiger partial charge in [-0.05, 0) is 18.9 Å². The molecule has 1 heterocycles. The molecule has 2 atom stereocenters. The Morgan fingerprint density at radius 1 is 1.67 bits per heavy atom. The summed E-state index contributed by atoms with van der Waals surface area (Å²) in [4.78, 5) is 0.955. The van der Waals surface area contributed by atoms with Gasteiger partial charge in [0.05, 0.1) is 22.7 Å². The maximum absolute atomic E-state index is 11.3. The average Bonchev–Trinajstić information content (AvgIpc) is 2.31. The highest BCUT2D eigenvalue weighted by molar-refractivity contribution is 7.89. The lowest BCUT2D eigenvalue weighted by Crippen LogP contribution is -2.05. The SMILES string of the molecule is CCCCCC1=C[C@@H](O)CS1=O. The lowest BCUT2D eigenvalue weighted by molar-refractivity contribution is 0.250. The molecule has 0 fully saturated rings. The largest absolute Gasteiger partial charge is 0.388 e. The molecule has 0 aromatic carbocycles. The summed E-state index contributed by atoms with van der Waals surface area (Å²) in [7, 11) is -0.883. The zero-order chi connectivity index (χ0) is 8.97. The molecule has 0 radical (unpaired) electrons. The maximum atomic E-state index is 11.3. The summed E-state index contributed by atoms with van der Waals surface area (Å²) >= 11 is 0. The number of allylic oxidation sites excluding steroid dienone is 1. The molecule has 1 unspecified atom stereocenters. The van der Waals surface area contributed by atoms with Crippen LogP contribution >= 0.6 is 0 Å². The molecular formula is C9H16O2S. The quantitative estimate of drug-likeness (QED) is 0.680. The van der Waals surface area contributed by atoms with Gasteiger partial charge in [-0.25, -0.2) is 0 Å². The number of aliphatic hydroxyl groups is 1. The highest BCUT2D eigenvalue weighted by atomic mass is 32.2. The minimum absolute atomic E-state index is 0.418. The molecule has 2 nitrogen and oxygen atoms in total. The number of hydrogen-bond acceptors (Lipinski definition) is 2. The molecular weight excluding hydrogens is 172 g/mol. The fraction of sp³-hybridized carbons (Fsp3) is 0.778. The monoisotopic (exact) mass is 188 g/mol. The van der Waals surface area contributed by atoms with Crippen molar-refractivity contribution in [1.29, 1.82) is 0 Å². The van der Waals surface area contributed by atoms with E-state index in [9.17, 15) is 4.21 Å². The van der Waals surface area contributed by atoms with Crippen molar-refractivity contribution >= 4 is 10.8 Å². The average molecular weight is 188 g/mol. The minimum atomic E-state index is -0.883. The predicted molar refractivity (Wildman–Crippen MR) is 51.2 cm³/mol. The zero-order valence-corrected chi connectivity index (χ0v) is 8.27. The van der Waals surface area contributed by atoms with Crippen LogP contribution in [0.4, 0.5) is 0 Å². The molecule has 70 valence electrons. The van der Waals surface area contributed by atoms with Crippen LogP contribution in [0.2, 0.25) is 0 Å². The predicted octanol–water partition coefficient (Wildman–Crippen LogP) is 1.57. The van der Waals surface area contributed by atoms with Gasteiger partial charge in [-0.1, -0.05) is 19.8 Å². The van der Waals surface area contributed by atoms with Crippen LogP contribution in [-0.2, 0) is 10.8 Å². The van der Waals surface area contributed by atoms with E-state index in [2.05, 4.69) is 6.92 Å². The molecule has 1 aliphatic heterocycles. The summed E-state index contributed by atoms with van der Waals surface area (Å²) < 4.78 is 11.3. The van der Waals surface area contributed by atoms with Gasteiger partial charge >= 0.3 is 0 Å². The fourth-order valence-electron chi connectivity index (χ4n) is 1.35. The van der Waals surface area contributed by atoms with Gasteiger partial charge in [-0.3, -0.25) is 4.21 Å². The van der Waals surface area contributed by atoms with Crippen LogP contribution in [0.3, 0.4) is 0 Å². The Bertz CT molecular complexity index is 199. The number of rotatable bonds is 4. The Balaban J connectivity index is 2.31. The third kappa shape index (κ3) is 2.72. The Hall–Kier alpha value is -0.150. The van der Waals surface area contributed by atoms with Gasteiger partial charge in [0.1, 0.15) is 0 Å². The van der Waals surface area contributed by atoms with Gasteiger partial charge in [0.25, 0.3) is 0 Å². The van der Waals surface area contributed by atoms with Crippen molar-refractivity contribution in [2.45, 2.75) is 38.7 Å². The summed E-state index contributed by atoms with van der Waals surface area (Å²) in [5, 5.41) is 9.16. The van der Waals surface area contributed by atoms with Crippen molar-refractivity contribution in [3.05, 3.63) is 11.0 Å². The van der Waals surface area contributed by atoms with E-state index >= 15 is 0 Å². The molecule has 12 heavy (non-hydrogen) atoms. The van der Waals surface area contributed by atoms with Crippen LogP contribution < -0.4 is 0 Å². The molecule has 1 N–H and O–H groups in total. The van der Waals surface area contributed by atoms with Crippen molar-refractivity contribution in [1.82, 2.24) is 0 Å². The minimum Gasteiger partial charge on any atom is -0.388 e. The highest BCUT2D eigenvalue weighted by Gasteiger charge is 2.19. The molecule has 1 aliphatic rings. The third-order valence-corrected chi connectivity index (χ3v) is 3.59. The lowest BCUT2D eigenvalue weighted by Gasteiger charge is -1.98. The van der Waals surface area contributed by atoms with Crippen molar-refractivity contribution in [2.75, 3.05) is 5.75 Å². The second-order valence-corrected chi connectivity index (χ2v) is 4.72. The van der Waals surface area contributed by atoms with Gasteiger partial charge in [0.2, 0.25) is 0 Å². The van der Waals surface area contributed by atoms with Crippen molar-refractivity contribution in [3.63, 3.8) is 0 Å². The first-order valence-electron chi connectivity index (χ1n) is 4.51. The van der Waals surface area contributed by atoms with Crippen LogP contribution in [0.15, 0.2) is 11.0 Å². The third-order valence-electron chi connectivity index (χ3n) is 2.02. The molecule has 0 bridgehead atoms. The second-order valence-electron chi connectivity index (χ2n) is 3.17. The van der Waals surface area contributed by atoms with Crippen LogP contribution in [0.5, 0.6) is 0 Å². The van der Waals surface area contributed by atoms with Gasteiger partial charge in [-0.15, -0.1) is 0 Å². The topological polar surface area (TPSA) is 37.3 Å². The summed E-state index contributed by atoms with van der Waals surface area (Å²) in [5.74, 6) is 0.418. The molecule has 0 amide bonds. The van der Waals surface area contributed by atoms with Gasteiger partial charge in [0, 0.05) is 4.91 Å². The molecule has 0 aromatic heterocycles. The number of aliphatic hydroxyl groups excluding tert-OH is 1. The van der Waals surface area contributed by atoms with E-state index in [4.69, 9.17) is 5.11 Å². The molecule has 0 saturated carbocycles. The zero-order valence-electron chi connectivity index (χ0n) is 7.45. The lowest BCUT2D eigenvalue weighted by atomic mass is 10.2. The Morgan fingerprint density at radius 2 is 2.42 bits per heavy atom. The van der Waals surface area contributed by atoms with Crippen LogP contribution in [-0.4, -0.2) is 21.2 Å². The van der Waals surface area contributed by atoms with E-state index in [1.54, 1.807) is 6.08 Å². The summed E-state index contributed by atoms with van der Waals surface area (Å²) in [6, 6.07) is 0. The normalized spacial score (nSPS) is 29.0. The standard InChI is InChI=1S/C9H16O2S/c1-2-3-4-5-9-6-8(10)7-12(9)11/h6,8,10H,2-5,7H2,1H3/t8-,12?/m1/s1. The molecule has 0 aromatic rings. The number of hydrogen-bond donors (Lipinski definition) is 1. The van der Waals surface area contributed by atoms with Crippen molar-refractivity contribution in [3.8, 4) is 0 Å². The molecule has 0 aliphatic carbocycles. The summed E-state index contributed by atoms with van der Waals surface area (Å²) in [6.45, 7) is 2.15. The van der Waals surface area contributed by atoms with E-state index in [-0.39, 0.29) is 0 Å². The van der Waals surface area contributed by atoms with Crippen molar-refractivity contribution in [2.24, 2.45) is 0 Å². The van der Waals surface area contributed by atoms with E-state index in [0.29, 0.717) is 5.75 Å². The Morgan fingerprint density at radius 3 is 2.92 bits per heavy atom. The second kappa shape index (κ2) is 4.77.